The number of aryl methyl sites for hydroxylation is 2. The quantitative estimate of drug-likeness (QED) is 0.821. The molecule has 0 aliphatic carbocycles. The topological polar surface area (TPSA) is 46.2 Å². The van der Waals surface area contributed by atoms with E-state index in [0.717, 1.165) is 23.1 Å². The average molecular weight is 221 g/mol. The molecule has 0 heterocycles. The lowest BCUT2D eigenvalue weighted by molar-refractivity contribution is 0.134. The van der Waals surface area contributed by atoms with Crippen LogP contribution in [0.5, 0.6) is 0 Å². The van der Waals surface area contributed by atoms with E-state index in [1.807, 2.05) is 32.0 Å². The van der Waals surface area contributed by atoms with Crippen LogP contribution in [0.1, 0.15) is 43.1 Å². The van der Waals surface area contributed by atoms with Crippen LogP contribution in [0.2, 0.25) is 0 Å². The second-order valence-electron chi connectivity index (χ2n) is 5.04. The zero-order valence-electron chi connectivity index (χ0n) is 10.7. The van der Waals surface area contributed by atoms with Crippen molar-refractivity contribution in [2.75, 3.05) is 0 Å². The van der Waals surface area contributed by atoms with E-state index in [9.17, 15) is 5.11 Å². The van der Waals surface area contributed by atoms with Gasteiger partial charge in [0.1, 0.15) is 0 Å². The lowest BCUT2D eigenvalue weighted by Crippen LogP contribution is -2.30. The Morgan fingerprint density at radius 3 is 2.12 bits per heavy atom. The van der Waals surface area contributed by atoms with Gasteiger partial charge in [0.05, 0.1) is 6.10 Å². The predicted molar refractivity (Wildman–Crippen MR) is 68.3 cm³/mol. The van der Waals surface area contributed by atoms with Crippen molar-refractivity contribution < 1.29 is 5.11 Å². The Labute approximate surface area is 98.5 Å². The minimum atomic E-state index is -0.552. The van der Waals surface area contributed by atoms with Crippen molar-refractivity contribution >= 4 is 0 Å². The third-order valence-electron chi connectivity index (χ3n) is 2.99. The van der Waals surface area contributed by atoms with Gasteiger partial charge < -0.3 is 10.8 Å². The SMILES string of the molecule is Cc1cccc(C)c1C(O)C(N)CC(C)C. The third-order valence-corrected chi connectivity index (χ3v) is 2.99. The van der Waals surface area contributed by atoms with Crippen molar-refractivity contribution in [2.24, 2.45) is 11.7 Å². The van der Waals surface area contributed by atoms with Crippen LogP contribution in [0.15, 0.2) is 18.2 Å². The number of aliphatic hydroxyl groups is 1. The van der Waals surface area contributed by atoms with Crippen LogP contribution < -0.4 is 5.73 Å². The highest BCUT2D eigenvalue weighted by Crippen LogP contribution is 2.26. The maximum absolute atomic E-state index is 10.3. The molecule has 0 radical (unpaired) electrons. The molecule has 0 spiro atoms. The minimum Gasteiger partial charge on any atom is -0.387 e. The third kappa shape index (κ3) is 3.06. The molecule has 0 saturated carbocycles. The van der Waals surface area contributed by atoms with E-state index < -0.39 is 6.10 Å². The van der Waals surface area contributed by atoms with E-state index in [0.29, 0.717) is 5.92 Å². The summed E-state index contributed by atoms with van der Waals surface area (Å²) in [5.74, 6) is 0.508. The number of benzene rings is 1. The van der Waals surface area contributed by atoms with E-state index in [1.165, 1.54) is 0 Å². The molecule has 2 atom stereocenters. The Hall–Kier alpha value is -0.860. The summed E-state index contributed by atoms with van der Waals surface area (Å²) in [4.78, 5) is 0. The summed E-state index contributed by atoms with van der Waals surface area (Å²) in [5, 5.41) is 10.3. The van der Waals surface area contributed by atoms with Gasteiger partial charge >= 0.3 is 0 Å². The van der Waals surface area contributed by atoms with Crippen molar-refractivity contribution in [3.05, 3.63) is 34.9 Å². The number of nitrogens with two attached hydrogens (primary N) is 1. The van der Waals surface area contributed by atoms with Crippen LogP contribution >= 0.6 is 0 Å². The second-order valence-corrected chi connectivity index (χ2v) is 5.04. The number of hydrogen-bond donors (Lipinski definition) is 2. The van der Waals surface area contributed by atoms with Gasteiger partial charge in [0, 0.05) is 6.04 Å². The zero-order valence-corrected chi connectivity index (χ0v) is 10.7. The Morgan fingerprint density at radius 2 is 1.69 bits per heavy atom. The van der Waals surface area contributed by atoms with Crippen LogP contribution in [0.4, 0.5) is 0 Å². The highest BCUT2D eigenvalue weighted by molar-refractivity contribution is 5.36. The maximum Gasteiger partial charge on any atom is 0.0946 e. The first-order valence-corrected chi connectivity index (χ1v) is 5.93. The van der Waals surface area contributed by atoms with Crippen molar-refractivity contribution in [3.63, 3.8) is 0 Å². The molecule has 0 fully saturated rings. The highest BCUT2D eigenvalue weighted by atomic mass is 16.3. The molecule has 16 heavy (non-hydrogen) atoms. The van der Waals surface area contributed by atoms with Gasteiger partial charge in [-0.2, -0.15) is 0 Å². The van der Waals surface area contributed by atoms with Crippen molar-refractivity contribution in [1.29, 1.82) is 0 Å². The fraction of sp³-hybridized carbons (Fsp3) is 0.571. The summed E-state index contributed by atoms with van der Waals surface area (Å²) in [7, 11) is 0. The van der Waals surface area contributed by atoms with E-state index in [4.69, 9.17) is 5.73 Å². The van der Waals surface area contributed by atoms with Crippen LogP contribution in [0.25, 0.3) is 0 Å². The molecule has 0 amide bonds. The van der Waals surface area contributed by atoms with Gasteiger partial charge in [-0.3, -0.25) is 0 Å². The van der Waals surface area contributed by atoms with E-state index in [-0.39, 0.29) is 6.04 Å². The molecule has 1 rings (SSSR count). The van der Waals surface area contributed by atoms with Gasteiger partial charge in [0.15, 0.2) is 0 Å². The van der Waals surface area contributed by atoms with E-state index >= 15 is 0 Å². The fourth-order valence-corrected chi connectivity index (χ4v) is 2.18. The minimum absolute atomic E-state index is 0.181. The molecule has 2 heteroatoms. The largest absolute Gasteiger partial charge is 0.387 e. The summed E-state index contributed by atoms with van der Waals surface area (Å²) in [6.45, 7) is 8.29. The molecule has 0 bridgehead atoms. The Bertz CT molecular complexity index is 326. The summed E-state index contributed by atoms with van der Waals surface area (Å²) in [6, 6.07) is 5.87. The maximum atomic E-state index is 10.3. The molecule has 1 aromatic rings. The van der Waals surface area contributed by atoms with Crippen LogP contribution in [0.3, 0.4) is 0 Å². The van der Waals surface area contributed by atoms with Crippen molar-refractivity contribution in [2.45, 2.75) is 46.3 Å². The molecule has 0 aromatic heterocycles. The van der Waals surface area contributed by atoms with Gasteiger partial charge in [-0.05, 0) is 42.9 Å². The standard InChI is InChI=1S/C14H23NO/c1-9(2)8-12(15)14(16)13-10(3)6-5-7-11(13)4/h5-7,9,12,14,16H,8,15H2,1-4H3. The van der Waals surface area contributed by atoms with Crippen molar-refractivity contribution in [3.8, 4) is 0 Å². The molecule has 2 unspecified atom stereocenters. The van der Waals surface area contributed by atoms with Crippen LogP contribution in [0, 0.1) is 19.8 Å². The Balaban J connectivity index is 2.91. The number of aliphatic hydroxyl groups excluding tert-OH is 1. The van der Waals surface area contributed by atoms with Gasteiger partial charge in [-0.25, -0.2) is 0 Å². The Kier molecular flexibility index (Phi) is 4.51. The molecule has 0 saturated heterocycles. The lowest BCUT2D eigenvalue weighted by atomic mass is 9.90. The summed E-state index contributed by atoms with van der Waals surface area (Å²) in [5.41, 5.74) is 9.27. The van der Waals surface area contributed by atoms with Gasteiger partial charge in [0.2, 0.25) is 0 Å². The molecular formula is C14H23NO. The normalized spacial score (nSPS) is 15.2. The second kappa shape index (κ2) is 5.46. The molecule has 90 valence electrons. The fourth-order valence-electron chi connectivity index (χ4n) is 2.18. The van der Waals surface area contributed by atoms with Gasteiger partial charge in [-0.1, -0.05) is 32.0 Å². The highest BCUT2D eigenvalue weighted by Gasteiger charge is 2.20. The Morgan fingerprint density at radius 1 is 1.19 bits per heavy atom. The van der Waals surface area contributed by atoms with E-state index in [2.05, 4.69) is 13.8 Å². The average Bonchev–Trinajstić information content (AvgIpc) is 2.16. The predicted octanol–water partition coefficient (Wildman–Crippen LogP) is 2.71. The first kappa shape index (κ1) is 13.2. The molecular weight excluding hydrogens is 198 g/mol. The van der Waals surface area contributed by atoms with E-state index in [1.54, 1.807) is 0 Å². The van der Waals surface area contributed by atoms with Gasteiger partial charge in [0.25, 0.3) is 0 Å². The van der Waals surface area contributed by atoms with Crippen molar-refractivity contribution in [1.82, 2.24) is 0 Å². The van der Waals surface area contributed by atoms with Gasteiger partial charge in [-0.15, -0.1) is 0 Å². The smallest absolute Gasteiger partial charge is 0.0946 e. The first-order valence-electron chi connectivity index (χ1n) is 5.93. The molecule has 1 aromatic carbocycles. The molecule has 3 N–H and O–H groups in total. The number of rotatable bonds is 4. The van der Waals surface area contributed by atoms with Crippen LogP contribution in [-0.2, 0) is 0 Å². The molecule has 0 aliphatic rings. The molecule has 0 aliphatic heterocycles. The zero-order chi connectivity index (χ0) is 12.3. The summed E-state index contributed by atoms with van der Waals surface area (Å²) < 4.78 is 0. The summed E-state index contributed by atoms with van der Waals surface area (Å²) >= 11 is 0. The first-order chi connectivity index (χ1) is 7.43. The summed E-state index contributed by atoms with van der Waals surface area (Å²) in [6.07, 6.45) is 0.290. The monoisotopic (exact) mass is 221 g/mol. The van der Waals surface area contributed by atoms with Crippen LogP contribution in [-0.4, -0.2) is 11.1 Å². The lowest BCUT2D eigenvalue weighted by Gasteiger charge is -2.23. The molecule has 2 nitrogen and oxygen atoms in total. The number of hydrogen-bond acceptors (Lipinski definition) is 2.